The van der Waals surface area contributed by atoms with Crippen LogP contribution < -0.4 is 17.2 Å². The van der Waals surface area contributed by atoms with Gasteiger partial charge in [-0.25, -0.2) is 28.5 Å². The number of anilines is 3. The molecule has 15 rings (SSSR count). The van der Waals surface area contributed by atoms with Gasteiger partial charge in [-0.3, -0.25) is 0 Å². The monoisotopic (exact) mass is 1740 g/mol. The van der Waals surface area contributed by atoms with Gasteiger partial charge in [-0.15, -0.1) is 0 Å². The minimum Gasteiger partial charge on any atom is -0.397 e. The van der Waals surface area contributed by atoms with Crippen LogP contribution in [-0.4, -0.2) is 163 Å². The number of nitrogens with zero attached hydrogens (tertiary/aromatic N) is 15. The van der Waals surface area contributed by atoms with Crippen LogP contribution in [0, 0.1) is 0 Å². The van der Waals surface area contributed by atoms with Gasteiger partial charge < -0.3 is 89.7 Å². The maximum Gasteiger partial charge on any atom is 0.450 e. The number of hydrogen-bond acceptors (Lipinski definition) is 25. The van der Waals surface area contributed by atoms with Crippen LogP contribution in [0.3, 0.4) is 0 Å². The molecule has 3 aliphatic heterocycles. The van der Waals surface area contributed by atoms with Crippen molar-refractivity contribution < 1.29 is 83.0 Å². The summed E-state index contributed by atoms with van der Waals surface area (Å²) in [6.07, 6.45) is -4.21. The minimum atomic E-state index is -1.94. The smallest absolute Gasteiger partial charge is 0.397 e. The number of benzene rings is 6. The number of azide groups is 2. The highest BCUT2D eigenvalue weighted by atomic mass is 35.6. The molecule has 1 unspecified atom stereocenters. The zero-order valence-electron chi connectivity index (χ0n) is 67.0. The molecule has 3 fully saturated rings. The first-order valence-electron chi connectivity index (χ1n) is 38.4. The fraction of sp³-hybridized carbons (Fsp3) is 0.341. The number of nitrogens with two attached hydrogens (primary N) is 3. The molecule has 0 aliphatic carbocycles. The Kier molecular flexibility index (Phi) is 40.3. The average Bonchev–Trinajstić information content (AvgIpc) is 1.58. The van der Waals surface area contributed by atoms with Crippen molar-refractivity contribution in [1.82, 2.24) is 43.8 Å². The lowest BCUT2D eigenvalue weighted by Crippen LogP contribution is -2.45. The first-order valence-corrected chi connectivity index (χ1v) is 39.0. The second-order valence-corrected chi connectivity index (χ2v) is 28.1. The zero-order chi connectivity index (χ0) is 87.9. The number of hydrogen-bond donors (Lipinski definition) is 8. The van der Waals surface area contributed by atoms with Crippen molar-refractivity contribution in [2.75, 3.05) is 43.6 Å². The van der Waals surface area contributed by atoms with E-state index in [0.717, 1.165) is 33.4 Å². The predicted octanol–water partition coefficient (Wildman–Crippen LogP) is 13.9. The first-order chi connectivity index (χ1) is 59.3. The first kappa shape index (κ1) is 96.9. The van der Waals surface area contributed by atoms with Crippen LogP contribution in [0.15, 0.2) is 248 Å². The summed E-state index contributed by atoms with van der Waals surface area (Å²) in [6, 6.07) is 69.0. The highest BCUT2D eigenvalue weighted by Gasteiger charge is 2.61. The quantitative estimate of drug-likeness (QED) is 0.0103. The zero-order valence-corrected chi connectivity index (χ0v) is 68.2. The van der Waals surface area contributed by atoms with Crippen LogP contribution in [0.25, 0.3) is 37.4 Å². The molecule has 3 aliphatic rings. The lowest BCUT2D eigenvalue weighted by molar-refractivity contribution is -0.256. The van der Waals surface area contributed by atoms with E-state index in [1.54, 1.807) is 55.6 Å². The van der Waals surface area contributed by atoms with E-state index in [1.165, 1.54) is 34.1 Å². The van der Waals surface area contributed by atoms with E-state index < -0.39 is 83.7 Å². The Labute approximate surface area is 719 Å². The number of fused-ring (bicyclic) bond motifs is 3. The summed E-state index contributed by atoms with van der Waals surface area (Å²) in [7, 11) is 0.625. The lowest BCUT2D eigenvalue weighted by atomic mass is 9.99. The molecule has 647 valence electrons. The molecule has 12 aromatic rings. The van der Waals surface area contributed by atoms with Gasteiger partial charge >= 0.3 is 12.5 Å². The molecule has 12 atom stereocenters. The van der Waals surface area contributed by atoms with E-state index in [4.69, 9.17) is 115 Å². The van der Waals surface area contributed by atoms with Crippen molar-refractivity contribution in [3.05, 3.63) is 309 Å². The van der Waals surface area contributed by atoms with Crippen LogP contribution in [0.4, 0.5) is 30.9 Å². The number of nitrogen functional groups attached to an aromatic ring is 3. The van der Waals surface area contributed by atoms with E-state index in [2.05, 4.69) is 50.3 Å². The Hall–Kier alpha value is -10.6. The number of rotatable bonds is 27. The summed E-state index contributed by atoms with van der Waals surface area (Å²) >= 11 is 14.4. The van der Waals surface area contributed by atoms with Gasteiger partial charge in [-0.1, -0.05) is 210 Å². The molecule has 40 heteroatoms. The van der Waals surface area contributed by atoms with Crippen molar-refractivity contribution in [2.24, 2.45) is 10.2 Å². The number of aliphatic hydroxyl groups is 5. The van der Waals surface area contributed by atoms with Gasteiger partial charge in [-0.2, -0.15) is 49.7 Å². The normalized spacial score (nSPS) is 21.5. The molecule has 0 spiro atoms. The standard InChI is InChI=1S/C32H31N7O4.C32H32N4O5.C11H13N7O4.C2H5BF.C2H6O.C2H6.CH4.BCl3.F2/c33-31-26-16-17-28(39(26)36-22-35-31)32(37-38-34)30(42-20-25-14-8-3-9-15-25)29(41-19-24-12-6-2-7-13-24)27(43-32)21-40-18-23-10-4-1-5-11-23;33-31-26-16-17-28(36(26)35-22-34-31)32(37)30(40-20-25-14-8-3-9-15-25)29(39-19-24-12-6-2-7-13-24)27(41-32)21-38-18-23-10-4-1-5-11-23;12-10-5-1-2-7(18(5)15-4-14-10)11(16-17-13)9(21)8(20)6(3-19)22-11;1-2-3-4;1-2-3;1-2;;2-1(3)4;1-2/h1-17,22,27,29-30H,18-21H2,(H2,33,35,36);1-17,22,27,29-30,37H,18-21H2,(H2,33,34,35);1-2,4,6,8-9,19-21H,3H2,(H2,12,14,15);2H2,1H3;3H,2H2,1H3;1-2H3;1H4;;/t27-,29-,30-,32+;27-,29-,30-,32?;6-,8-,9-,11+;;;;;;/m111....../s1/i;;;;;1D;;;. The molecule has 1 radical (unpaired) electrons. The van der Waals surface area contributed by atoms with E-state index in [0.29, 0.717) is 68.5 Å². The summed E-state index contributed by atoms with van der Waals surface area (Å²) in [6.45, 7) is 7.54. The predicted molar refractivity (Wildman–Crippen MR) is 457 cm³/mol. The van der Waals surface area contributed by atoms with Crippen LogP contribution >= 0.6 is 34.4 Å². The summed E-state index contributed by atoms with van der Waals surface area (Å²) in [4.78, 5) is 17.2. The second-order valence-electron chi connectivity index (χ2n) is 26.1. The number of aromatic nitrogens is 9. The molecule has 32 nitrogen and oxygen atoms in total. The fourth-order valence-electron chi connectivity index (χ4n) is 13.1. The molecule has 11 N–H and O–H groups in total. The molecule has 6 aromatic heterocycles. The van der Waals surface area contributed by atoms with Crippen LogP contribution in [0.2, 0.25) is 6.32 Å². The maximum absolute atomic E-state index is 12.3. The van der Waals surface area contributed by atoms with Crippen molar-refractivity contribution in [3.63, 3.8) is 0 Å². The van der Waals surface area contributed by atoms with Crippen molar-refractivity contribution in [2.45, 2.75) is 153 Å². The highest BCUT2D eigenvalue weighted by Crippen LogP contribution is 2.47. The molecule has 9 heterocycles. The third-order valence-electron chi connectivity index (χ3n) is 18.4. The summed E-state index contributed by atoms with van der Waals surface area (Å²) in [5, 5.41) is 69.9. The Balaban J connectivity index is 0.000000240. The molecular formula is C82H97B2Cl3F3N18O14. The summed E-state index contributed by atoms with van der Waals surface area (Å²) in [5.41, 5.74) is 41.5. The lowest BCUT2D eigenvalue weighted by Gasteiger charge is -2.31. The number of aliphatic hydroxyl groups excluding tert-OH is 4. The molecule has 0 saturated carbocycles. The van der Waals surface area contributed by atoms with E-state index in [-0.39, 0.29) is 70.2 Å². The summed E-state index contributed by atoms with van der Waals surface area (Å²) in [5.74, 6) is -1.18. The maximum atomic E-state index is 12.3. The van der Waals surface area contributed by atoms with Crippen molar-refractivity contribution in [3.8, 4) is 0 Å². The third kappa shape index (κ3) is 25.5. The van der Waals surface area contributed by atoms with E-state index >= 15 is 0 Å². The van der Waals surface area contributed by atoms with Gasteiger partial charge in [0.25, 0.3) is 0 Å². The van der Waals surface area contributed by atoms with Crippen molar-refractivity contribution >= 4 is 80.9 Å². The Morgan fingerprint density at radius 2 is 0.803 bits per heavy atom. The molecule has 6 aromatic carbocycles. The van der Waals surface area contributed by atoms with Crippen LogP contribution in [0.5, 0.6) is 0 Å². The van der Waals surface area contributed by atoms with Crippen molar-refractivity contribution in [1.29, 1.82) is 0 Å². The van der Waals surface area contributed by atoms with Gasteiger partial charge in [0.05, 0.1) is 70.8 Å². The fourth-order valence-corrected chi connectivity index (χ4v) is 13.1. The van der Waals surface area contributed by atoms with Gasteiger partial charge in [0.2, 0.25) is 17.2 Å². The average molecular weight is 1740 g/mol. The summed E-state index contributed by atoms with van der Waals surface area (Å²) < 4.78 is 94.1. The largest absolute Gasteiger partial charge is 0.450 e. The Bertz CT molecular complexity index is 5130. The Morgan fingerprint density at radius 1 is 0.508 bits per heavy atom. The van der Waals surface area contributed by atoms with Gasteiger partial charge in [-0.05, 0) is 104 Å². The second kappa shape index (κ2) is 50.7. The molecule has 0 amide bonds. The van der Waals surface area contributed by atoms with Crippen LogP contribution in [0.1, 0.15) is 86.9 Å². The topological polar surface area (TPSA) is 450 Å². The van der Waals surface area contributed by atoms with E-state index in [9.17, 15) is 30.3 Å². The minimum absolute atomic E-state index is 0. The Morgan fingerprint density at radius 3 is 1.15 bits per heavy atom. The van der Waals surface area contributed by atoms with E-state index in [1.807, 2.05) is 182 Å². The molecular weight excluding hydrogens is 1650 g/mol. The third-order valence-corrected chi connectivity index (χ3v) is 18.4. The van der Waals surface area contributed by atoms with Gasteiger partial charge in [0, 0.05) is 26.9 Å². The van der Waals surface area contributed by atoms with Gasteiger partial charge in [0.15, 0.2) is 17.5 Å². The van der Waals surface area contributed by atoms with Crippen LogP contribution in [-0.2, 0) is 99.5 Å². The SMILES string of the molecule is C.CCO.CC[B]F.ClB(Cl)Cl.FF.Nc1ncnn2c(C3(O)O[C@H](COCc4ccccc4)[C@@H](OCc4ccccc4)[C@H]3OCc3ccccc3)ccc12.[2H]CC.[N-]=[N+]=N[C@@]1(c2ccc3c(N)ncnn23)O[C@H](CO)[C@@H](O)[C@H]1O.[N-]=[N+]=N[C@@]1(c2ccc3c(N)ncnn23)O[C@H](COCc2ccccc2)[C@@H](OCc2ccccc2)[C@H]1OCc1ccccc1. The highest BCUT2D eigenvalue weighted by molar-refractivity contribution is 7.54. The molecule has 0 bridgehead atoms. The molecule has 122 heavy (non-hydrogen) atoms. The van der Waals surface area contributed by atoms with Gasteiger partial charge in [0.1, 0.15) is 96.2 Å². The number of halogens is 6. The molecule has 3 saturated heterocycles. The number of ether oxygens (including phenoxy) is 9.